The van der Waals surface area contributed by atoms with Crippen LogP contribution in [0.25, 0.3) is 0 Å². The summed E-state index contributed by atoms with van der Waals surface area (Å²) in [4.78, 5) is 12.1. The molecule has 130 valence electrons. The van der Waals surface area contributed by atoms with E-state index in [0.29, 0.717) is 15.2 Å². The van der Waals surface area contributed by atoms with Crippen LogP contribution in [0.4, 0.5) is 10.3 Å². The number of halogens is 2. The first-order valence-electron chi connectivity index (χ1n) is 6.38. The number of sulfonamides is 1. The zero-order valence-corrected chi connectivity index (χ0v) is 16.4. The topological polar surface area (TPSA) is 110 Å². The molecule has 0 aliphatic carbocycles. The van der Waals surface area contributed by atoms with Gasteiger partial charge in [0.1, 0.15) is 5.75 Å². The molecule has 24 heavy (non-hydrogen) atoms. The van der Waals surface area contributed by atoms with Crippen molar-refractivity contribution in [2.45, 2.75) is 13.0 Å². The molecule has 0 bridgehead atoms. The highest BCUT2D eigenvalue weighted by atomic mass is 79.9. The maximum absolute atomic E-state index is 12.1. The Morgan fingerprint density at radius 1 is 1.38 bits per heavy atom. The number of aromatic nitrogens is 2. The first kappa shape index (κ1) is 18.9. The lowest BCUT2D eigenvalue weighted by molar-refractivity contribution is -0.122. The fourth-order valence-corrected chi connectivity index (χ4v) is 3.75. The average Bonchev–Trinajstić information content (AvgIpc) is 2.86. The van der Waals surface area contributed by atoms with Crippen LogP contribution in [0.1, 0.15) is 6.92 Å². The number of amides is 1. The van der Waals surface area contributed by atoms with Gasteiger partial charge in [0.15, 0.2) is 6.10 Å². The Morgan fingerprint density at radius 2 is 2.04 bits per heavy atom. The summed E-state index contributed by atoms with van der Waals surface area (Å²) < 4.78 is 30.5. The number of hydrogen-bond acceptors (Lipinski definition) is 7. The van der Waals surface area contributed by atoms with E-state index in [9.17, 15) is 13.2 Å². The van der Waals surface area contributed by atoms with E-state index in [1.807, 2.05) is 0 Å². The fourth-order valence-electron chi connectivity index (χ4n) is 1.50. The number of hydrogen-bond donors (Lipinski definition) is 2. The van der Waals surface area contributed by atoms with Crippen molar-refractivity contribution in [1.82, 2.24) is 10.2 Å². The monoisotopic (exact) mass is 454 g/mol. The lowest BCUT2D eigenvalue weighted by Crippen LogP contribution is -2.30. The first-order chi connectivity index (χ1) is 11.1. The van der Waals surface area contributed by atoms with Crippen molar-refractivity contribution in [2.24, 2.45) is 0 Å². The minimum atomic E-state index is -3.45. The Balaban J connectivity index is 1.99. The zero-order valence-electron chi connectivity index (χ0n) is 12.4. The van der Waals surface area contributed by atoms with Crippen LogP contribution in [0.3, 0.4) is 0 Å². The van der Waals surface area contributed by atoms with Gasteiger partial charge >= 0.3 is 0 Å². The molecular formula is C12H12BrClN4O4S2. The molecule has 0 saturated carbocycles. The van der Waals surface area contributed by atoms with Crippen LogP contribution in [0.15, 0.2) is 22.7 Å². The predicted octanol–water partition coefficient (Wildman–Crippen LogP) is 2.73. The molecule has 2 aromatic rings. The number of benzene rings is 1. The third-order valence-corrected chi connectivity index (χ3v) is 4.80. The molecule has 1 amide bonds. The van der Waals surface area contributed by atoms with E-state index in [1.54, 1.807) is 25.1 Å². The number of rotatable bonds is 6. The molecule has 12 heteroatoms. The second-order valence-electron chi connectivity index (χ2n) is 4.61. The minimum absolute atomic E-state index is 0.0572. The van der Waals surface area contributed by atoms with E-state index < -0.39 is 22.0 Å². The summed E-state index contributed by atoms with van der Waals surface area (Å²) in [5.74, 6) is -0.00217. The van der Waals surface area contributed by atoms with Gasteiger partial charge in [-0.05, 0) is 41.1 Å². The third kappa shape index (κ3) is 5.58. The predicted molar refractivity (Wildman–Crippen MR) is 96.2 cm³/mol. The Bertz CT molecular complexity index is 858. The Kier molecular flexibility index (Phi) is 6.01. The highest BCUT2D eigenvalue weighted by Crippen LogP contribution is 2.29. The molecule has 1 aromatic carbocycles. The summed E-state index contributed by atoms with van der Waals surface area (Å²) >= 11 is 10.0. The fraction of sp³-hybridized carbons (Fsp3) is 0.250. The molecule has 1 aromatic heterocycles. The van der Waals surface area contributed by atoms with Gasteiger partial charge in [0.2, 0.25) is 20.3 Å². The van der Waals surface area contributed by atoms with Gasteiger partial charge in [-0.1, -0.05) is 22.9 Å². The van der Waals surface area contributed by atoms with Crippen molar-refractivity contribution < 1.29 is 17.9 Å². The number of nitrogens with one attached hydrogen (secondary N) is 2. The molecular weight excluding hydrogens is 444 g/mol. The second kappa shape index (κ2) is 7.64. The lowest BCUT2D eigenvalue weighted by atomic mass is 10.3. The lowest BCUT2D eigenvalue weighted by Gasteiger charge is -2.14. The van der Waals surface area contributed by atoms with Crippen LogP contribution in [0.2, 0.25) is 5.02 Å². The molecule has 0 radical (unpaired) electrons. The summed E-state index contributed by atoms with van der Waals surface area (Å²) in [6.45, 7) is 1.56. The quantitative estimate of drug-likeness (QED) is 0.693. The molecule has 2 N–H and O–H groups in total. The maximum Gasteiger partial charge on any atom is 0.266 e. The number of carbonyl (C=O) groups excluding carboxylic acids is 1. The van der Waals surface area contributed by atoms with Gasteiger partial charge in [-0.2, -0.15) is 0 Å². The molecule has 0 spiro atoms. The summed E-state index contributed by atoms with van der Waals surface area (Å²) in [5, 5.41) is 10.6. The van der Waals surface area contributed by atoms with Gasteiger partial charge in [-0.15, -0.1) is 10.2 Å². The second-order valence-corrected chi connectivity index (χ2v) is 8.63. The first-order valence-corrected chi connectivity index (χ1v) is 10.3. The van der Waals surface area contributed by atoms with Crippen molar-refractivity contribution in [3.05, 3.63) is 27.7 Å². The van der Waals surface area contributed by atoms with Crippen molar-refractivity contribution in [1.29, 1.82) is 0 Å². The van der Waals surface area contributed by atoms with Crippen molar-refractivity contribution >= 4 is 65.1 Å². The molecule has 0 fully saturated rings. The van der Waals surface area contributed by atoms with E-state index in [-0.39, 0.29) is 10.3 Å². The Morgan fingerprint density at radius 3 is 2.67 bits per heavy atom. The van der Waals surface area contributed by atoms with Crippen molar-refractivity contribution in [2.75, 3.05) is 16.3 Å². The van der Waals surface area contributed by atoms with E-state index in [2.05, 4.69) is 36.2 Å². The number of ether oxygens (including phenoxy) is 1. The molecule has 0 saturated heterocycles. The molecule has 0 aliphatic rings. The number of anilines is 2. The van der Waals surface area contributed by atoms with Gasteiger partial charge in [0, 0.05) is 5.02 Å². The normalized spacial score (nSPS) is 12.5. The van der Waals surface area contributed by atoms with Gasteiger partial charge in [-0.3, -0.25) is 14.8 Å². The molecule has 8 nitrogen and oxygen atoms in total. The largest absolute Gasteiger partial charge is 0.480 e. The molecule has 1 heterocycles. The standard InChI is InChI=1S/C12H12BrClN4O4S2/c1-6(22-9-4-3-7(14)5-8(9)13)10(19)15-11-16-17-12(23-11)18-24(2,20)21/h3-6H,1-2H3,(H,17,18)(H,15,16,19). The summed E-state index contributed by atoms with van der Waals surface area (Å²) in [6.07, 6.45) is 0.171. The highest BCUT2D eigenvalue weighted by Gasteiger charge is 2.18. The summed E-state index contributed by atoms with van der Waals surface area (Å²) in [7, 11) is -3.45. The summed E-state index contributed by atoms with van der Waals surface area (Å²) in [6, 6.07) is 4.92. The average molecular weight is 456 g/mol. The molecule has 1 unspecified atom stereocenters. The van der Waals surface area contributed by atoms with Crippen molar-refractivity contribution in [3.8, 4) is 5.75 Å². The van der Waals surface area contributed by atoms with Gasteiger partial charge in [-0.25, -0.2) is 8.42 Å². The van der Waals surface area contributed by atoms with Crippen LogP contribution in [-0.2, 0) is 14.8 Å². The highest BCUT2D eigenvalue weighted by molar-refractivity contribution is 9.10. The van der Waals surface area contributed by atoms with E-state index >= 15 is 0 Å². The Labute approximate surface area is 155 Å². The van der Waals surface area contributed by atoms with E-state index in [4.69, 9.17) is 16.3 Å². The van der Waals surface area contributed by atoms with Crippen LogP contribution >= 0.6 is 38.9 Å². The number of nitrogens with zero attached hydrogens (tertiary/aromatic N) is 2. The van der Waals surface area contributed by atoms with E-state index in [1.165, 1.54) is 0 Å². The Hall–Kier alpha value is -1.43. The van der Waals surface area contributed by atoms with Crippen LogP contribution in [-0.4, -0.2) is 36.9 Å². The summed E-state index contributed by atoms with van der Waals surface area (Å²) in [5.41, 5.74) is 0. The third-order valence-electron chi connectivity index (χ3n) is 2.49. The molecule has 0 aliphatic heterocycles. The van der Waals surface area contributed by atoms with Crippen LogP contribution in [0, 0.1) is 0 Å². The minimum Gasteiger partial charge on any atom is -0.480 e. The van der Waals surface area contributed by atoms with Crippen molar-refractivity contribution in [3.63, 3.8) is 0 Å². The van der Waals surface area contributed by atoms with Gasteiger partial charge in [0.05, 0.1) is 10.7 Å². The molecule has 2 rings (SSSR count). The molecule has 1 atom stereocenters. The van der Waals surface area contributed by atoms with Gasteiger partial charge in [0.25, 0.3) is 5.91 Å². The van der Waals surface area contributed by atoms with E-state index in [0.717, 1.165) is 17.6 Å². The van der Waals surface area contributed by atoms with Crippen LogP contribution in [0.5, 0.6) is 5.75 Å². The zero-order chi connectivity index (χ0) is 17.9. The smallest absolute Gasteiger partial charge is 0.266 e. The number of carbonyl (C=O) groups is 1. The SMILES string of the molecule is CC(Oc1ccc(Cl)cc1Br)C(=O)Nc1nnc(NS(C)(=O)=O)s1. The van der Waals surface area contributed by atoms with Gasteiger partial charge < -0.3 is 4.74 Å². The maximum atomic E-state index is 12.1. The van der Waals surface area contributed by atoms with Crippen LogP contribution < -0.4 is 14.8 Å².